The zero-order valence-corrected chi connectivity index (χ0v) is 18.1. The quantitative estimate of drug-likeness (QED) is 0.337. The number of amides is 1. The number of hydrogen-bond donors (Lipinski definition) is 1. The van der Waals surface area contributed by atoms with E-state index in [0.29, 0.717) is 29.2 Å². The summed E-state index contributed by atoms with van der Waals surface area (Å²) < 4.78 is 26.8. The molecule has 34 heavy (non-hydrogen) atoms. The van der Waals surface area contributed by atoms with Crippen LogP contribution in [0.1, 0.15) is 16.7 Å². The molecule has 2 heterocycles. The Morgan fingerprint density at radius 2 is 1.88 bits per heavy atom. The third kappa shape index (κ3) is 4.21. The number of carbonyl (C=O) groups excluding carboxylic acids is 1. The van der Waals surface area contributed by atoms with Gasteiger partial charge in [-0.2, -0.15) is 5.26 Å². The molecule has 0 atom stereocenters. The normalized spacial score (nSPS) is 12.5. The van der Waals surface area contributed by atoms with Crippen LogP contribution in [-0.2, 0) is 17.9 Å². The Balaban J connectivity index is 1.39. The zero-order chi connectivity index (χ0) is 23.5. The van der Waals surface area contributed by atoms with Gasteiger partial charge < -0.3 is 19.4 Å². The highest BCUT2D eigenvalue weighted by molar-refractivity contribution is 6.04. The van der Waals surface area contributed by atoms with Crippen molar-refractivity contribution in [2.24, 2.45) is 0 Å². The molecule has 1 aliphatic heterocycles. The van der Waals surface area contributed by atoms with Gasteiger partial charge in [-0.15, -0.1) is 0 Å². The van der Waals surface area contributed by atoms with E-state index in [4.69, 9.17) is 9.47 Å². The maximum absolute atomic E-state index is 14.2. The predicted molar refractivity (Wildman–Crippen MR) is 125 cm³/mol. The predicted octanol–water partition coefficient (Wildman–Crippen LogP) is 4.78. The number of fused-ring (bicyclic) bond motifs is 2. The van der Waals surface area contributed by atoms with Crippen LogP contribution in [0.4, 0.5) is 4.39 Å². The van der Waals surface area contributed by atoms with Crippen LogP contribution in [0.5, 0.6) is 11.5 Å². The molecule has 0 unspecified atom stereocenters. The van der Waals surface area contributed by atoms with Crippen molar-refractivity contribution in [3.05, 3.63) is 101 Å². The maximum Gasteiger partial charge on any atom is 0.262 e. The number of benzene rings is 3. The van der Waals surface area contributed by atoms with Crippen LogP contribution in [0.2, 0.25) is 0 Å². The monoisotopic (exact) mass is 453 g/mol. The fraction of sp³-hybridized carbons (Fsp3) is 0.111. The zero-order valence-electron chi connectivity index (χ0n) is 18.1. The molecule has 0 spiro atoms. The van der Waals surface area contributed by atoms with Crippen molar-refractivity contribution in [3.8, 4) is 17.6 Å². The first-order valence-electron chi connectivity index (χ1n) is 10.7. The molecule has 1 aromatic heterocycles. The number of aromatic nitrogens is 1. The molecule has 0 bridgehead atoms. The van der Waals surface area contributed by atoms with E-state index in [1.807, 2.05) is 47.2 Å². The van der Waals surface area contributed by atoms with E-state index in [0.717, 1.165) is 16.5 Å². The minimum Gasteiger partial charge on any atom is -0.454 e. The van der Waals surface area contributed by atoms with Crippen molar-refractivity contribution >= 4 is 22.9 Å². The highest BCUT2D eigenvalue weighted by Gasteiger charge is 2.16. The number of nitrogens with zero attached hydrogens (tertiary/aromatic N) is 2. The maximum atomic E-state index is 14.2. The Morgan fingerprint density at radius 1 is 1.09 bits per heavy atom. The summed E-state index contributed by atoms with van der Waals surface area (Å²) in [4.78, 5) is 12.8. The van der Waals surface area contributed by atoms with Crippen molar-refractivity contribution in [2.75, 3.05) is 6.79 Å². The lowest BCUT2D eigenvalue weighted by molar-refractivity contribution is -0.117. The minimum atomic E-state index is -0.480. The minimum absolute atomic E-state index is 0.0189. The number of halogens is 1. The fourth-order valence-electron chi connectivity index (χ4n) is 3.96. The average Bonchev–Trinajstić information content (AvgIpc) is 3.47. The number of nitrogens with one attached hydrogen (secondary N) is 1. The first-order valence-corrected chi connectivity index (χ1v) is 10.7. The summed E-state index contributed by atoms with van der Waals surface area (Å²) >= 11 is 0. The fourth-order valence-corrected chi connectivity index (χ4v) is 3.96. The lowest BCUT2D eigenvalue weighted by Gasteiger charge is -2.06. The van der Waals surface area contributed by atoms with Gasteiger partial charge in [0.2, 0.25) is 6.79 Å². The Bertz CT molecular complexity index is 1470. The second-order valence-corrected chi connectivity index (χ2v) is 7.86. The molecule has 1 N–H and O–H groups in total. The van der Waals surface area contributed by atoms with E-state index in [2.05, 4.69) is 5.32 Å². The van der Waals surface area contributed by atoms with Gasteiger partial charge >= 0.3 is 0 Å². The van der Waals surface area contributed by atoms with Gasteiger partial charge in [0.15, 0.2) is 11.5 Å². The molecule has 168 valence electrons. The lowest BCUT2D eigenvalue weighted by Crippen LogP contribution is -2.23. The lowest BCUT2D eigenvalue weighted by atomic mass is 10.1. The number of nitriles is 1. The molecule has 0 radical (unpaired) electrons. The molecule has 0 fully saturated rings. The standard InChI is InChI=1S/C27H20FN3O3/c28-23-7-3-1-5-19(23)15-31-16-21(22-6-2-4-8-24(22)31)12-20(13-29)27(32)30-14-18-9-10-25-26(11-18)34-17-33-25/h1-12,16H,14-15,17H2,(H,30,32)/b20-12+. The SMILES string of the molecule is N#C/C(=C\c1cn(Cc2ccccc2F)c2ccccc12)C(=O)NCc1ccc2c(c1)OCO2. The highest BCUT2D eigenvalue weighted by Crippen LogP contribution is 2.32. The van der Waals surface area contributed by atoms with Crippen LogP contribution in [-0.4, -0.2) is 17.3 Å². The highest BCUT2D eigenvalue weighted by atomic mass is 19.1. The van der Waals surface area contributed by atoms with Crippen LogP contribution in [0.3, 0.4) is 0 Å². The van der Waals surface area contributed by atoms with Crippen LogP contribution >= 0.6 is 0 Å². The number of hydrogen-bond acceptors (Lipinski definition) is 4. The Morgan fingerprint density at radius 3 is 2.74 bits per heavy atom. The van der Waals surface area contributed by atoms with Gasteiger partial charge in [0.05, 0.1) is 6.54 Å². The van der Waals surface area contributed by atoms with E-state index in [1.54, 1.807) is 36.4 Å². The molecular formula is C27H20FN3O3. The molecule has 7 heteroatoms. The second kappa shape index (κ2) is 9.12. The Kier molecular flexibility index (Phi) is 5.71. The molecular weight excluding hydrogens is 433 g/mol. The summed E-state index contributed by atoms with van der Waals surface area (Å²) in [6, 6.07) is 21.7. The van der Waals surface area contributed by atoms with Crippen molar-refractivity contribution in [3.63, 3.8) is 0 Å². The molecule has 0 saturated carbocycles. The first-order chi connectivity index (χ1) is 16.6. The number of para-hydroxylation sites is 1. The topological polar surface area (TPSA) is 76.3 Å². The van der Waals surface area contributed by atoms with E-state index in [-0.39, 0.29) is 24.7 Å². The molecule has 5 rings (SSSR count). The van der Waals surface area contributed by atoms with Crippen LogP contribution in [0, 0.1) is 17.1 Å². The summed E-state index contributed by atoms with van der Waals surface area (Å²) in [6.07, 6.45) is 3.40. The molecule has 1 aliphatic rings. The molecule has 4 aromatic rings. The average molecular weight is 453 g/mol. The number of rotatable bonds is 6. The van der Waals surface area contributed by atoms with E-state index >= 15 is 0 Å². The van der Waals surface area contributed by atoms with Crippen molar-refractivity contribution < 1.29 is 18.7 Å². The summed E-state index contributed by atoms with van der Waals surface area (Å²) in [7, 11) is 0. The molecule has 3 aromatic carbocycles. The largest absolute Gasteiger partial charge is 0.454 e. The number of ether oxygens (including phenoxy) is 2. The van der Waals surface area contributed by atoms with Gasteiger partial charge in [-0.25, -0.2) is 4.39 Å². The van der Waals surface area contributed by atoms with Crippen LogP contribution in [0.25, 0.3) is 17.0 Å². The molecule has 6 nitrogen and oxygen atoms in total. The second-order valence-electron chi connectivity index (χ2n) is 7.86. The van der Waals surface area contributed by atoms with E-state index in [9.17, 15) is 14.4 Å². The Labute approximate surface area is 195 Å². The Hall–Kier alpha value is -4.57. The van der Waals surface area contributed by atoms with E-state index < -0.39 is 5.91 Å². The third-order valence-corrected chi connectivity index (χ3v) is 5.67. The third-order valence-electron chi connectivity index (χ3n) is 5.67. The molecule has 0 saturated heterocycles. The summed E-state index contributed by atoms with van der Waals surface area (Å²) in [5.74, 6) is 0.536. The van der Waals surface area contributed by atoms with Gasteiger partial charge in [0.1, 0.15) is 17.5 Å². The molecule has 0 aliphatic carbocycles. The van der Waals surface area contributed by atoms with Crippen molar-refractivity contribution in [2.45, 2.75) is 13.1 Å². The van der Waals surface area contributed by atoms with Crippen LogP contribution < -0.4 is 14.8 Å². The first kappa shape index (κ1) is 21.3. The van der Waals surface area contributed by atoms with Gasteiger partial charge in [0, 0.05) is 34.8 Å². The smallest absolute Gasteiger partial charge is 0.262 e. The van der Waals surface area contributed by atoms with Crippen molar-refractivity contribution in [1.29, 1.82) is 5.26 Å². The van der Waals surface area contributed by atoms with Crippen LogP contribution in [0.15, 0.2) is 78.5 Å². The van der Waals surface area contributed by atoms with Gasteiger partial charge in [-0.3, -0.25) is 4.79 Å². The van der Waals surface area contributed by atoms with Crippen molar-refractivity contribution in [1.82, 2.24) is 9.88 Å². The summed E-state index contributed by atoms with van der Waals surface area (Å²) in [5.41, 5.74) is 2.96. The summed E-state index contributed by atoms with van der Waals surface area (Å²) in [6.45, 7) is 0.750. The number of carbonyl (C=O) groups is 1. The van der Waals surface area contributed by atoms with Gasteiger partial charge in [0.25, 0.3) is 5.91 Å². The summed E-state index contributed by atoms with van der Waals surface area (Å²) in [5, 5.41) is 13.3. The van der Waals surface area contributed by atoms with E-state index in [1.165, 1.54) is 6.07 Å². The molecule has 1 amide bonds. The van der Waals surface area contributed by atoms with Gasteiger partial charge in [-0.05, 0) is 35.9 Å². The van der Waals surface area contributed by atoms with Gasteiger partial charge in [-0.1, -0.05) is 42.5 Å².